The number of nitrogens with zero attached hydrogens (tertiary/aromatic N) is 2. The average molecular weight is 288 g/mol. The molecule has 2 aromatic carbocycles. The van der Waals surface area contributed by atoms with Gasteiger partial charge in [-0.1, -0.05) is 6.07 Å². The summed E-state index contributed by atoms with van der Waals surface area (Å²) in [6.45, 7) is 3.24. The molecular formula is C16H11F3N2. The van der Waals surface area contributed by atoms with E-state index in [-0.39, 0.29) is 22.3 Å². The van der Waals surface area contributed by atoms with E-state index >= 15 is 0 Å². The van der Waals surface area contributed by atoms with Crippen molar-refractivity contribution in [2.24, 2.45) is 0 Å². The molecule has 0 spiro atoms. The van der Waals surface area contributed by atoms with Crippen molar-refractivity contribution < 1.29 is 13.2 Å². The highest BCUT2D eigenvalue weighted by molar-refractivity contribution is 5.88. The smallest absolute Gasteiger partial charge is 0.169 e. The van der Waals surface area contributed by atoms with Gasteiger partial charge >= 0.3 is 0 Å². The number of benzene rings is 2. The monoisotopic (exact) mass is 288 g/mol. The molecule has 0 fully saturated rings. The summed E-state index contributed by atoms with van der Waals surface area (Å²) in [7, 11) is 0. The molecule has 0 unspecified atom stereocenters. The lowest BCUT2D eigenvalue weighted by Gasteiger charge is -2.09. The zero-order valence-corrected chi connectivity index (χ0v) is 11.4. The van der Waals surface area contributed by atoms with E-state index in [1.165, 1.54) is 37.5 Å². The minimum Gasteiger partial charge on any atom is -0.236 e. The van der Waals surface area contributed by atoms with Crippen molar-refractivity contribution in [1.82, 2.24) is 9.97 Å². The van der Waals surface area contributed by atoms with Crippen LogP contribution in [0.2, 0.25) is 0 Å². The van der Waals surface area contributed by atoms with Gasteiger partial charge in [0.15, 0.2) is 17.5 Å². The topological polar surface area (TPSA) is 25.8 Å². The molecule has 2 nitrogen and oxygen atoms in total. The molecule has 0 saturated heterocycles. The van der Waals surface area contributed by atoms with Crippen LogP contribution in [-0.4, -0.2) is 9.97 Å². The van der Waals surface area contributed by atoms with Crippen molar-refractivity contribution in [3.8, 4) is 11.4 Å². The molecule has 0 aliphatic heterocycles. The van der Waals surface area contributed by atoms with Crippen LogP contribution < -0.4 is 0 Å². The number of fused-ring (bicyclic) bond motifs is 1. The first-order valence-corrected chi connectivity index (χ1v) is 6.35. The Morgan fingerprint density at radius 1 is 0.857 bits per heavy atom. The summed E-state index contributed by atoms with van der Waals surface area (Å²) < 4.78 is 42.2. The molecule has 0 saturated carbocycles. The summed E-state index contributed by atoms with van der Waals surface area (Å²) in [5.74, 6) is -2.94. The lowest BCUT2D eigenvalue weighted by atomic mass is 10.0. The Balaban J connectivity index is 2.32. The molecule has 0 radical (unpaired) electrons. The molecule has 3 aromatic rings. The highest BCUT2D eigenvalue weighted by atomic mass is 19.2. The quantitative estimate of drug-likeness (QED) is 0.666. The molecule has 5 heteroatoms. The Morgan fingerprint density at radius 2 is 1.52 bits per heavy atom. The molecule has 0 amide bonds. The van der Waals surface area contributed by atoms with Crippen molar-refractivity contribution in [2.75, 3.05) is 0 Å². The van der Waals surface area contributed by atoms with Gasteiger partial charge in [0.1, 0.15) is 5.82 Å². The molecule has 1 aromatic heterocycles. The zero-order valence-electron chi connectivity index (χ0n) is 11.4. The fourth-order valence-corrected chi connectivity index (χ4v) is 2.22. The summed E-state index contributed by atoms with van der Waals surface area (Å²) in [6, 6.07) is 4.42. The van der Waals surface area contributed by atoms with Gasteiger partial charge < -0.3 is 0 Å². The second kappa shape index (κ2) is 4.84. The van der Waals surface area contributed by atoms with Gasteiger partial charge in [-0.15, -0.1) is 0 Å². The van der Waals surface area contributed by atoms with E-state index in [2.05, 4.69) is 9.97 Å². The number of halogens is 3. The third-order valence-corrected chi connectivity index (χ3v) is 3.33. The van der Waals surface area contributed by atoms with Crippen LogP contribution in [-0.2, 0) is 0 Å². The fraction of sp³-hybridized carbons (Fsp3) is 0.125. The largest absolute Gasteiger partial charge is 0.236 e. The van der Waals surface area contributed by atoms with Gasteiger partial charge in [0.25, 0.3) is 0 Å². The standard InChI is InChI=1S/C16H11F3N2/c1-8-6-20-16(21-7-8)11-4-3-10-5-9(2)13(17)15(19)12(10)14(11)18/h3-7H,1-2H3. The van der Waals surface area contributed by atoms with E-state index < -0.39 is 17.5 Å². The summed E-state index contributed by atoms with van der Waals surface area (Å²) in [6.07, 6.45) is 3.08. The number of rotatable bonds is 1. The van der Waals surface area contributed by atoms with Crippen molar-refractivity contribution in [2.45, 2.75) is 13.8 Å². The molecule has 0 aliphatic carbocycles. The van der Waals surface area contributed by atoms with Crippen LogP contribution in [0.25, 0.3) is 22.2 Å². The van der Waals surface area contributed by atoms with Crippen LogP contribution >= 0.6 is 0 Å². The molecular weight excluding hydrogens is 277 g/mol. The van der Waals surface area contributed by atoms with E-state index in [0.29, 0.717) is 5.39 Å². The molecule has 0 bridgehead atoms. The zero-order chi connectivity index (χ0) is 15.1. The lowest BCUT2D eigenvalue weighted by Crippen LogP contribution is -1.98. The minimum absolute atomic E-state index is 0.0460. The van der Waals surface area contributed by atoms with Crippen molar-refractivity contribution >= 4 is 10.8 Å². The highest BCUT2D eigenvalue weighted by Crippen LogP contribution is 2.31. The maximum Gasteiger partial charge on any atom is 0.169 e. The summed E-state index contributed by atoms with van der Waals surface area (Å²) in [5.41, 5.74) is 1.01. The highest BCUT2D eigenvalue weighted by Gasteiger charge is 2.18. The minimum atomic E-state index is -1.18. The van der Waals surface area contributed by atoms with Gasteiger partial charge in [0.2, 0.25) is 0 Å². The molecule has 3 rings (SSSR count). The van der Waals surface area contributed by atoms with E-state index in [1.54, 1.807) is 6.92 Å². The summed E-state index contributed by atoms with van der Waals surface area (Å²) in [4.78, 5) is 8.04. The molecule has 1 heterocycles. The SMILES string of the molecule is Cc1cnc(-c2ccc3cc(C)c(F)c(F)c3c2F)nc1. The second-order valence-electron chi connectivity index (χ2n) is 4.93. The predicted molar refractivity (Wildman–Crippen MR) is 74.3 cm³/mol. The third-order valence-electron chi connectivity index (χ3n) is 3.33. The second-order valence-corrected chi connectivity index (χ2v) is 4.93. The predicted octanol–water partition coefficient (Wildman–Crippen LogP) is 4.33. The van der Waals surface area contributed by atoms with Crippen molar-refractivity contribution in [3.63, 3.8) is 0 Å². The molecule has 0 atom stereocenters. The molecule has 0 N–H and O–H groups in total. The van der Waals surface area contributed by atoms with Crippen LogP contribution in [0.1, 0.15) is 11.1 Å². The molecule has 106 valence electrons. The van der Waals surface area contributed by atoms with E-state index in [9.17, 15) is 13.2 Å². The Morgan fingerprint density at radius 3 is 2.19 bits per heavy atom. The number of aromatic nitrogens is 2. The number of aryl methyl sites for hydroxylation is 2. The molecule has 21 heavy (non-hydrogen) atoms. The maximum absolute atomic E-state index is 14.5. The Hall–Kier alpha value is -2.43. The number of hydrogen-bond acceptors (Lipinski definition) is 2. The van der Waals surface area contributed by atoms with Crippen LogP contribution in [0.5, 0.6) is 0 Å². The molecule has 0 aliphatic rings. The average Bonchev–Trinajstić information content (AvgIpc) is 2.46. The Labute approximate surface area is 119 Å². The van der Waals surface area contributed by atoms with Gasteiger partial charge in [0, 0.05) is 12.4 Å². The number of hydrogen-bond donors (Lipinski definition) is 0. The van der Waals surface area contributed by atoms with Crippen molar-refractivity contribution in [1.29, 1.82) is 0 Å². The first-order valence-electron chi connectivity index (χ1n) is 6.35. The van der Waals surface area contributed by atoms with E-state index in [1.807, 2.05) is 0 Å². The van der Waals surface area contributed by atoms with Gasteiger partial charge in [-0.2, -0.15) is 0 Å². The maximum atomic E-state index is 14.5. The van der Waals surface area contributed by atoms with Crippen LogP contribution in [0.3, 0.4) is 0 Å². The van der Waals surface area contributed by atoms with E-state index in [0.717, 1.165) is 5.56 Å². The van der Waals surface area contributed by atoms with E-state index in [4.69, 9.17) is 0 Å². The Kier molecular flexibility index (Phi) is 3.12. The van der Waals surface area contributed by atoms with Crippen LogP contribution in [0.15, 0.2) is 30.6 Å². The first kappa shape index (κ1) is 13.5. The van der Waals surface area contributed by atoms with Crippen LogP contribution in [0.4, 0.5) is 13.2 Å². The summed E-state index contributed by atoms with van der Waals surface area (Å²) in [5, 5.41) is -0.0699. The fourth-order valence-electron chi connectivity index (χ4n) is 2.22. The lowest BCUT2D eigenvalue weighted by molar-refractivity contribution is 0.506. The third kappa shape index (κ3) is 2.14. The van der Waals surface area contributed by atoms with Gasteiger partial charge in [-0.25, -0.2) is 23.1 Å². The first-order chi connectivity index (χ1) is 9.99. The Bertz CT molecular complexity index is 843. The van der Waals surface area contributed by atoms with Gasteiger partial charge in [-0.3, -0.25) is 0 Å². The van der Waals surface area contributed by atoms with Crippen LogP contribution in [0, 0.1) is 31.3 Å². The normalized spacial score (nSPS) is 11.1. The van der Waals surface area contributed by atoms with Gasteiger partial charge in [0.05, 0.1) is 10.9 Å². The van der Waals surface area contributed by atoms with Crippen molar-refractivity contribution in [3.05, 3.63) is 59.2 Å². The van der Waals surface area contributed by atoms with Gasteiger partial charge in [-0.05, 0) is 42.5 Å². The summed E-state index contributed by atoms with van der Waals surface area (Å²) >= 11 is 0.